The van der Waals surface area contributed by atoms with E-state index in [0.29, 0.717) is 39.3 Å². The molecule has 0 atom stereocenters. The van der Waals surface area contributed by atoms with Crippen LogP contribution < -0.4 is 0 Å². The molecule has 1 aliphatic rings. The number of carbonyl (C=O) groups excluding carboxylic acids is 3. The van der Waals surface area contributed by atoms with Crippen molar-refractivity contribution in [3.05, 3.63) is 0 Å². The van der Waals surface area contributed by atoms with Gasteiger partial charge in [0.2, 0.25) is 17.7 Å². The number of piperazine rings is 1. The minimum absolute atomic E-state index is 0.0336. The first-order valence-corrected chi connectivity index (χ1v) is 6.80. The Morgan fingerprint density at radius 1 is 0.947 bits per heavy atom. The summed E-state index contributed by atoms with van der Waals surface area (Å²) in [6, 6.07) is 0. The Hall–Kier alpha value is -1.59. The molecule has 1 heterocycles. The van der Waals surface area contributed by atoms with Crippen LogP contribution >= 0.6 is 0 Å². The van der Waals surface area contributed by atoms with Crippen molar-refractivity contribution in [1.82, 2.24) is 14.7 Å². The summed E-state index contributed by atoms with van der Waals surface area (Å²) in [7, 11) is 0. The summed E-state index contributed by atoms with van der Waals surface area (Å²) in [5, 5.41) is 0. The van der Waals surface area contributed by atoms with E-state index >= 15 is 0 Å². The van der Waals surface area contributed by atoms with Gasteiger partial charge in [0.25, 0.3) is 0 Å². The number of nitrogens with zero attached hydrogens (tertiary/aromatic N) is 3. The molecule has 0 N–H and O–H groups in total. The van der Waals surface area contributed by atoms with Crippen LogP contribution in [-0.2, 0) is 14.4 Å². The van der Waals surface area contributed by atoms with Crippen molar-refractivity contribution in [1.29, 1.82) is 0 Å². The quantitative estimate of drug-likeness (QED) is 0.672. The van der Waals surface area contributed by atoms with Crippen molar-refractivity contribution >= 4 is 17.7 Å². The summed E-state index contributed by atoms with van der Waals surface area (Å²) in [6.07, 6.45) is -0.0677. The Balaban J connectivity index is 2.43. The molecule has 0 unspecified atom stereocenters. The van der Waals surface area contributed by atoms with Gasteiger partial charge in [0.05, 0.1) is 0 Å². The van der Waals surface area contributed by atoms with Crippen molar-refractivity contribution in [3.63, 3.8) is 0 Å². The summed E-state index contributed by atoms with van der Waals surface area (Å²) in [6.45, 7) is 8.73. The highest BCUT2D eigenvalue weighted by Gasteiger charge is 2.24. The summed E-state index contributed by atoms with van der Waals surface area (Å²) in [4.78, 5) is 40.1. The lowest BCUT2D eigenvalue weighted by Crippen LogP contribution is -2.50. The molecule has 0 bridgehead atoms. The molecule has 0 spiro atoms. The first kappa shape index (κ1) is 15.5. The molecule has 0 aliphatic carbocycles. The van der Waals surface area contributed by atoms with Crippen LogP contribution in [0.5, 0.6) is 0 Å². The van der Waals surface area contributed by atoms with E-state index in [9.17, 15) is 14.4 Å². The van der Waals surface area contributed by atoms with Gasteiger partial charge in [-0.2, -0.15) is 0 Å². The fraction of sp³-hybridized carbons (Fsp3) is 0.769. The molecule has 6 nitrogen and oxygen atoms in total. The molecule has 1 aliphatic heterocycles. The minimum atomic E-state index is -0.139. The number of hydrogen-bond acceptors (Lipinski definition) is 3. The Morgan fingerprint density at radius 3 is 1.84 bits per heavy atom. The monoisotopic (exact) mass is 269 g/mol. The first-order valence-electron chi connectivity index (χ1n) is 6.80. The zero-order chi connectivity index (χ0) is 14.4. The van der Waals surface area contributed by atoms with Gasteiger partial charge in [0.1, 0.15) is 6.42 Å². The molecule has 3 amide bonds. The third-order valence-corrected chi connectivity index (χ3v) is 3.50. The van der Waals surface area contributed by atoms with Crippen molar-refractivity contribution in [2.45, 2.75) is 27.2 Å². The number of carbonyl (C=O) groups is 3. The zero-order valence-electron chi connectivity index (χ0n) is 12.0. The second kappa shape index (κ2) is 7.11. The van der Waals surface area contributed by atoms with Crippen LogP contribution in [-0.4, -0.2) is 71.7 Å². The van der Waals surface area contributed by atoms with E-state index in [1.807, 2.05) is 13.8 Å². The van der Waals surface area contributed by atoms with Crippen molar-refractivity contribution in [3.8, 4) is 0 Å². The highest BCUT2D eigenvalue weighted by molar-refractivity contribution is 5.97. The average molecular weight is 269 g/mol. The van der Waals surface area contributed by atoms with E-state index in [1.54, 1.807) is 14.7 Å². The SMILES string of the molecule is CCN(CC)C(=O)CC(=O)N1CCN(C(C)=O)CC1. The van der Waals surface area contributed by atoms with Gasteiger partial charge in [-0.25, -0.2) is 0 Å². The maximum atomic E-state index is 12.0. The lowest BCUT2D eigenvalue weighted by Gasteiger charge is -2.34. The fourth-order valence-electron chi connectivity index (χ4n) is 2.20. The van der Waals surface area contributed by atoms with E-state index < -0.39 is 0 Å². The Bertz CT molecular complexity index is 345. The van der Waals surface area contributed by atoms with Crippen LogP contribution in [0.1, 0.15) is 27.2 Å². The molecule has 0 aromatic carbocycles. The van der Waals surface area contributed by atoms with Gasteiger partial charge in [-0.05, 0) is 13.8 Å². The highest BCUT2D eigenvalue weighted by Crippen LogP contribution is 2.05. The lowest BCUT2D eigenvalue weighted by atomic mass is 10.2. The molecule has 0 aromatic rings. The second-order valence-corrected chi connectivity index (χ2v) is 4.63. The smallest absolute Gasteiger partial charge is 0.232 e. The summed E-state index contributed by atoms with van der Waals surface area (Å²) >= 11 is 0. The number of amides is 3. The standard InChI is InChI=1S/C13H23N3O3/c1-4-14(5-2)12(18)10-13(19)16-8-6-15(7-9-16)11(3)17/h4-10H2,1-3H3. The fourth-order valence-corrected chi connectivity index (χ4v) is 2.20. The molecule has 1 fully saturated rings. The predicted octanol–water partition coefficient (Wildman–Crippen LogP) is -0.0644. The topological polar surface area (TPSA) is 60.9 Å². The van der Waals surface area contributed by atoms with Crippen LogP contribution in [0.3, 0.4) is 0 Å². The first-order chi connectivity index (χ1) is 8.99. The van der Waals surface area contributed by atoms with Crippen molar-refractivity contribution in [2.24, 2.45) is 0 Å². The van der Waals surface area contributed by atoms with E-state index in [4.69, 9.17) is 0 Å². The molecule has 0 radical (unpaired) electrons. The maximum Gasteiger partial charge on any atom is 0.232 e. The van der Waals surface area contributed by atoms with E-state index in [2.05, 4.69) is 0 Å². The molecule has 6 heteroatoms. The van der Waals surface area contributed by atoms with Gasteiger partial charge in [-0.3, -0.25) is 14.4 Å². The van der Waals surface area contributed by atoms with Gasteiger partial charge in [-0.15, -0.1) is 0 Å². The second-order valence-electron chi connectivity index (χ2n) is 4.63. The van der Waals surface area contributed by atoms with Gasteiger partial charge >= 0.3 is 0 Å². The summed E-state index contributed by atoms with van der Waals surface area (Å²) in [5.74, 6) is -0.226. The van der Waals surface area contributed by atoms with Crippen molar-refractivity contribution in [2.75, 3.05) is 39.3 Å². The molecule has 108 valence electrons. The van der Waals surface area contributed by atoms with Crippen LogP contribution in [0.25, 0.3) is 0 Å². The number of hydrogen-bond donors (Lipinski definition) is 0. The highest BCUT2D eigenvalue weighted by atomic mass is 16.2. The summed E-state index contributed by atoms with van der Waals surface area (Å²) in [5.41, 5.74) is 0. The maximum absolute atomic E-state index is 12.0. The van der Waals surface area contributed by atoms with E-state index in [1.165, 1.54) is 6.92 Å². The zero-order valence-corrected chi connectivity index (χ0v) is 12.0. The normalized spacial score (nSPS) is 15.3. The van der Waals surface area contributed by atoms with E-state index in [0.717, 1.165) is 0 Å². The molecule has 1 saturated heterocycles. The molecular weight excluding hydrogens is 246 g/mol. The van der Waals surface area contributed by atoms with Gasteiger partial charge in [0, 0.05) is 46.2 Å². The van der Waals surface area contributed by atoms with Crippen LogP contribution in [0.4, 0.5) is 0 Å². The third-order valence-electron chi connectivity index (χ3n) is 3.50. The largest absolute Gasteiger partial charge is 0.343 e. The Morgan fingerprint density at radius 2 is 1.42 bits per heavy atom. The summed E-state index contributed by atoms with van der Waals surface area (Å²) < 4.78 is 0. The molecule has 0 saturated carbocycles. The third kappa shape index (κ3) is 4.22. The predicted molar refractivity (Wildman–Crippen MR) is 71.4 cm³/mol. The van der Waals surface area contributed by atoms with E-state index in [-0.39, 0.29) is 24.1 Å². The average Bonchev–Trinajstić information content (AvgIpc) is 2.40. The molecule has 0 aromatic heterocycles. The van der Waals surface area contributed by atoms with Crippen LogP contribution in [0.2, 0.25) is 0 Å². The van der Waals surface area contributed by atoms with Gasteiger partial charge in [-0.1, -0.05) is 0 Å². The Kier molecular flexibility index (Phi) is 5.79. The van der Waals surface area contributed by atoms with Gasteiger partial charge in [0.15, 0.2) is 0 Å². The molecule has 1 rings (SSSR count). The van der Waals surface area contributed by atoms with Crippen LogP contribution in [0.15, 0.2) is 0 Å². The van der Waals surface area contributed by atoms with Crippen molar-refractivity contribution < 1.29 is 14.4 Å². The lowest BCUT2D eigenvalue weighted by molar-refractivity contribution is -0.143. The minimum Gasteiger partial charge on any atom is -0.343 e. The van der Waals surface area contributed by atoms with Crippen LogP contribution in [0, 0.1) is 0 Å². The Labute approximate surface area is 114 Å². The van der Waals surface area contributed by atoms with Gasteiger partial charge < -0.3 is 14.7 Å². The molecule has 19 heavy (non-hydrogen) atoms. The molecular formula is C13H23N3O3. The number of rotatable bonds is 4.